The third-order valence-electron chi connectivity index (χ3n) is 3.80. The van der Waals surface area contributed by atoms with Crippen LogP contribution in [0.15, 0.2) is 23.1 Å². The van der Waals surface area contributed by atoms with Crippen LogP contribution in [0.1, 0.15) is 25.7 Å². The molecule has 1 fully saturated rings. The first-order valence-electron chi connectivity index (χ1n) is 6.67. The average molecular weight is 278 g/mol. The molecule has 0 saturated heterocycles. The molecule has 108 valence electrons. The van der Waals surface area contributed by atoms with E-state index in [-0.39, 0.29) is 23.3 Å². The average Bonchev–Trinajstić information content (AvgIpc) is 2.43. The van der Waals surface area contributed by atoms with Gasteiger partial charge in [-0.3, -0.25) is 14.4 Å². The van der Waals surface area contributed by atoms with Gasteiger partial charge in [-0.2, -0.15) is 0 Å². The number of aryl methyl sites for hydroxylation is 1. The second-order valence-electron chi connectivity index (χ2n) is 5.24. The van der Waals surface area contributed by atoms with E-state index >= 15 is 0 Å². The molecule has 0 atom stereocenters. The molecule has 1 saturated carbocycles. The molecule has 0 spiro atoms. The van der Waals surface area contributed by atoms with Gasteiger partial charge >= 0.3 is 5.97 Å². The van der Waals surface area contributed by atoms with Crippen molar-refractivity contribution in [3.8, 4) is 0 Å². The fourth-order valence-corrected chi connectivity index (χ4v) is 2.51. The first kappa shape index (κ1) is 14.3. The molecule has 0 radical (unpaired) electrons. The van der Waals surface area contributed by atoms with Gasteiger partial charge < -0.3 is 15.0 Å². The number of carbonyl (C=O) groups is 2. The number of aromatic nitrogens is 1. The number of pyridine rings is 1. The number of amides is 1. The molecule has 0 unspecified atom stereocenters. The standard InChI is InChI=1S/C14H18N2O4/c1-16-8-11(6-7-12(16)17)15-13(18)9-2-4-10(5-3-9)14(19)20/h6-10H,2-5H2,1H3,(H,15,18)(H,19,20). The number of anilines is 1. The molecular weight excluding hydrogens is 260 g/mol. The van der Waals surface area contributed by atoms with Crippen LogP contribution in [0.5, 0.6) is 0 Å². The predicted octanol–water partition coefficient (Wildman–Crippen LogP) is 1.21. The van der Waals surface area contributed by atoms with Crippen molar-refractivity contribution in [3.05, 3.63) is 28.7 Å². The normalized spacial score (nSPS) is 22.2. The van der Waals surface area contributed by atoms with Crippen molar-refractivity contribution in [1.82, 2.24) is 4.57 Å². The number of carbonyl (C=O) groups excluding carboxylic acids is 1. The number of aliphatic carboxylic acids is 1. The Kier molecular flexibility index (Phi) is 4.22. The lowest BCUT2D eigenvalue weighted by molar-refractivity contribution is -0.143. The van der Waals surface area contributed by atoms with Crippen LogP contribution in [0.4, 0.5) is 5.69 Å². The Morgan fingerprint density at radius 2 is 1.80 bits per heavy atom. The van der Waals surface area contributed by atoms with E-state index in [0.717, 1.165) is 0 Å². The van der Waals surface area contributed by atoms with E-state index in [1.165, 1.54) is 10.6 Å². The Hall–Kier alpha value is -2.11. The molecule has 1 heterocycles. The Morgan fingerprint density at radius 3 is 2.35 bits per heavy atom. The molecule has 1 amide bonds. The third kappa shape index (κ3) is 3.26. The highest BCUT2D eigenvalue weighted by Crippen LogP contribution is 2.29. The number of rotatable bonds is 3. The van der Waals surface area contributed by atoms with E-state index in [1.807, 2.05) is 0 Å². The fraction of sp³-hybridized carbons (Fsp3) is 0.500. The van der Waals surface area contributed by atoms with E-state index < -0.39 is 5.97 Å². The van der Waals surface area contributed by atoms with Crippen molar-refractivity contribution in [2.75, 3.05) is 5.32 Å². The summed E-state index contributed by atoms with van der Waals surface area (Å²) in [5.41, 5.74) is 0.447. The number of hydrogen-bond donors (Lipinski definition) is 2. The van der Waals surface area contributed by atoms with Gasteiger partial charge in [0.25, 0.3) is 0 Å². The van der Waals surface area contributed by atoms with Gasteiger partial charge in [-0.05, 0) is 31.7 Å². The van der Waals surface area contributed by atoms with Crippen LogP contribution in [-0.4, -0.2) is 21.6 Å². The maximum Gasteiger partial charge on any atom is 0.306 e. The fourth-order valence-electron chi connectivity index (χ4n) is 2.51. The predicted molar refractivity (Wildman–Crippen MR) is 73.4 cm³/mol. The van der Waals surface area contributed by atoms with Gasteiger partial charge in [0.15, 0.2) is 0 Å². The Balaban J connectivity index is 1.94. The van der Waals surface area contributed by atoms with Crippen molar-refractivity contribution >= 4 is 17.6 Å². The summed E-state index contributed by atoms with van der Waals surface area (Å²) in [4.78, 5) is 34.2. The maximum absolute atomic E-state index is 12.1. The Morgan fingerprint density at radius 1 is 1.20 bits per heavy atom. The molecular formula is C14H18N2O4. The number of nitrogens with one attached hydrogen (secondary N) is 1. The van der Waals surface area contributed by atoms with E-state index in [0.29, 0.717) is 31.4 Å². The van der Waals surface area contributed by atoms with Crippen molar-refractivity contribution in [1.29, 1.82) is 0 Å². The monoisotopic (exact) mass is 278 g/mol. The molecule has 6 heteroatoms. The molecule has 1 aromatic rings. The lowest BCUT2D eigenvalue weighted by Gasteiger charge is -2.25. The second kappa shape index (κ2) is 5.90. The highest BCUT2D eigenvalue weighted by molar-refractivity contribution is 5.92. The van der Waals surface area contributed by atoms with Crippen LogP contribution in [0.3, 0.4) is 0 Å². The lowest BCUT2D eigenvalue weighted by atomic mass is 9.81. The third-order valence-corrected chi connectivity index (χ3v) is 3.80. The molecule has 0 bridgehead atoms. The minimum atomic E-state index is -0.776. The first-order chi connectivity index (χ1) is 9.47. The van der Waals surface area contributed by atoms with Gasteiger partial charge in [-0.15, -0.1) is 0 Å². The zero-order valence-corrected chi connectivity index (χ0v) is 11.3. The van der Waals surface area contributed by atoms with Crippen LogP contribution >= 0.6 is 0 Å². The van der Waals surface area contributed by atoms with Crippen LogP contribution < -0.4 is 10.9 Å². The van der Waals surface area contributed by atoms with Gasteiger partial charge in [0.1, 0.15) is 0 Å². The topological polar surface area (TPSA) is 88.4 Å². The van der Waals surface area contributed by atoms with E-state index in [2.05, 4.69) is 5.32 Å². The van der Waals surface area contributed by atoms with Gasteiger partial charge in [-0.1, -0.05) is 0 Å². The summed E-state index contributed by atoms with van der Waals surface area (Å²) in [6.07, 6.45) is 3.84. The summed E-state index contributed by atoms with van der Waals surface area (Å²) < 4.78 is 1.40. The SMILES string of the molecule is Cn1cc(NC(=O)C2CCC(C(=O)O)CC2)ccc1=O. The molecule has 20 heavy (non-hydrogen) atoms. The van der Waals surface area contributed by atoms with Crippen molar-refractivity contribution in [2.45, 2.75) is 25.7 Å². The summed E-state index contributed by atoms with van der Waals surface area (Å²) >= 11 is 0. The molecule has 2 rings (SSSR count). The second-order valence-corrected chi connectivity index (χ2v) is 5.24. The summed E-state index contributed by atoms with van der Waals surface area (Å²) in [5.74, 6) is -1.35. The van der Waals surface area contributed by atoms with Gasteiger partial charge in [0, 0.05) is 25.2 Å². The van der Waals surface area contributed by atoms with Crippen molar-refractivity contribution < 1.29 is 14.7 Å². The summed E-state index contributed by atoms with van der Waals surface area (Å²) in [5, 5.41) is 11.7. The molecule has 6 nitrogen and oxygen atoms in total. The largest absolute Gasteiger partial charge is 0.481 e. The number of carboxylic acid groups (broad SMARTS) is 1. The number of nitrogens with zero attached hydrogens (tertiary/aromatic N) is 1. The number of carboxylic acids is 1. The van der Waals surface area contributed by atoms with E-state index in [1.54, 1.807) is 19.3 Å². The molecule has 0 aliphatic heterocycles. The first-order valence-corrected chi connectivity index (χ1v) is 6.67. The molecule has 0 aromatic carbocycles. The Bertz CT molecular complexity index is 571. The zero-order chi connectivity index (χ0) is 14.7. The number of hydrogen-bond acceptors (Lipinski definition) is 3. The van der Waals surface area contributed by atoms with Crippen LogP contribution in [0.25, 0.3) is 0 Å². The van der Waals surface area contributed by atoms with Crippen molar-refractivity contribution in [2.24, 2.45) is 18.9 Å². The molecule has 2 N–H and O–H groups in total. The minimum absolute atomic E-state index is 0.104. The highest BCUT2D eigenvalue weighted by Gasteiger charge is 2.29. The van der Waals surface area contributed by atoms with E-state index in [4.69, 9.17) is 5.11 Å². The van der Waals surface area contributed by atoms with Crippen LogP contribution in [-0.2, 0) is 16.6 Å². The van der Waals surface area contributed by atoms with Crippen LogP contribution in [0, 0.1) is 11.8 Å². The van der Waals surface area contributed by atoms with Crippen molar-refractivity contribution in [3.63, 3.8) is 0 Å². The van der Waals surface area contributed by atoms with Gasteiger partial charge in [0.05, 0.1) is 11.6 Å². The zero-order valence-electron chi connectivity index (χ0n) is 11.3. The maximum atomic E-state index is 12.1. The smallest absolute Gasteiger partial charge is 0.306 e. The summed E-state index contributed by atoms with van der Waals surface area (Å²) in [6, 6.07) is 2.97. The lowest BCUT2D eigenvalue weighted by Crippen LogP contribution is -2.30. The quantitative estimate of drug-likeness (QED) is 0.870. The highest BCUT2D eigenvalue weighted by atomic mass is 16.4. The molecule has 1 aliphatic carbocycles. The van der Waals surface area contributed by atoms with Gasteiger partial charge in [0.2, 0.25) is 11.5 Å². The van der Waals surface area contributed by atoms with Crippen LogP contribution in [0.2, 0.25) is 0 Å². The molecule has 1 aliphatic rings. The van der Waals surface area contributed by atoms with E-state index in [9.17, 15) is 14.4 Å². The van der Waals surface area contributed by atoms with Gasteiger partial charge in [-0.25, -0.2) is 0 Å². The Labute approximate surface area is 116 Å². The minimum Gasteiger partial charge on any atom is -0.481 e. The summed E-state index contributed by atoms with van der Waals surface area (Å²) in [6.45, 7) is 0. The summed E-state index contributed by atoms with van der Waals surface area (Å²) in [7, 11) is 1.62. The molecule has 1 aromatic heterocycles.